The average molecular weight is 1350 g/mol. The largest absolute Gasteiger partial charge is 0.481 e. The van der Waals surface area contributed by atoms with Gasteiger partial charge in [0.25, 0.3) is 0 Å². The normalized spacial score (nSPS) is 15.0. The summed E-state index contributed by atoms with van der Waals surface area (Å²) in [5.74, 6) is -18.8. The fourth-order valence-electron chi connectivity index (χ4n) is 8.66. The lowest BCUT2D eigenvalue weighted by Gasteiger charge is -2.27. The first-order chi connectivity index (χ1) is 43.7. The summed E-state index contributed by atoms with van der Waals surface area (Å²) < 4.78 is 5.47. The minimum atomic E-state index is -1.92. The van der Waals surface area contributed by atoms with E-state index in [1.54, 1.807) is 20.1 Å². The number of carbonyl (C=O) groups excluding carboxylic acids is 13. The van der Waals surface area contributed by atoms with Crippen LogP contribution in [0.4, 0.5) is 0 Å². The van der Waals surface area contributed by atoms with Crippen LogP contribution in [0.3, 0.4) is 0 Å². The number of rotatable bonds is 46. The summed E-state index contributed by atoms with van der Waals surface area (Å²) in [5, 5.41) is 75.2. The molecule has 0 unspecified atom stereocenters. The van der Waals surface area contributed by atoms with Crippen LogP contribution in [0.5, 0.6) is 0 Å². The van der Waals surface area contributed by atoms with Crippen molar-refractivity contribution in [3.63, 3.8) is 0 Å². The molecule has 0 saturated carbocycles. The molecular formula is C55H87N13O24S. The molecular weight excluding hydrogens is 1260 g/mol. The van der Waals surface area contributed by atoms with Crippen LogP contribution < -0.4 is 63.8 Å². The summed E-state index contributed by atoms with van der Waals surface area (Å²) in [6, 6.07) is -13.4. The third-order valence-electron chi connectivity index (χ3n) is 13.6. The number of nitrogens with one attached hydrogen (secondary N) is 12. The van der Waals surface area contributed by atoms with Crippen molar-refractivity contribution in [3.8, 4) is 0 Å². The number of likely N-dealkylation sites (N-methyl/N-ethyl adjacent to an activating group) is 1. The molecule has 1 saturated heterocycles. The summed E-state index contributed by atoms with van der Waals surface area (Å²) in [7, 11) is 1.38. The number of aliphatic carboxylic acids is 5. The molecule has 522 valence electrons. The molecule has 37 nitrogen and oxygen atoms in total. The molecule has 1 rings (SSSR count). The Kier molecular flexibility index (Phi) is 38.3. The molecule has 93 heavy (non-hydrogen) atoms. The van der Waals surface area contributed by atoms with Crippen LogP contribution in [0.1, 0.15) is 118 Å². The Hall–Kier alpha value is -9.23. The van der Waals surface area contributed by atoms with Gasteiger partial charge in [0.05, 0.1) is 19.7 Å². The van der Waals surface area contributed by atoms with Gasteiger partial charge in [-0.05, 0) is 70.5 Å². The van der Waals surface area contributed by atoms with Crippen molar-refractivity contribution in [2.45, 2.75) is 172 Å². The highest BCUT2D eigenvalue weighted by Gasteiger charge is 2.38. The monoisotopic (exact) mass is 1350 g/mol. The highest BCUT2D eigenvalue weighted by molar-refractivity contribution is 7.98. The second kappa shape index (κ2) is 43.5. The van der Waals surface area contributed by atoms with E-state index in [2.05, 4.69) is 63.8 Å². The molecule has 0 aromatic carbocycles. The number of carboxylic acid groups (broad SMARTS) is 5. The zero-order valence-corrected chi connectivity index (χ0v) is 53.3. The Labute approximate surface area is 538 Å². The SMILES string of the molecule is CCC(=O)N[C@H](CCC(=O)O)C(=O)N[C@H](CCC(=O)O)C(=O)N[C@H](CCC(=O)O)C(=O)N[C@H](CCC(=O)O)C(=O)N[C@H](CCC(=O)O)C(=O)NCCOCC(=O)N1CCC[C@H]1C(=O)N[C@@H](CC(C)C)C(=O)NCC(=O)N[C@@H](CSC)C(=O)N[C@@H](C)C(=O)NCC(=O)NC. The lowest BCUT2D eigenvalue weighted by atomic mass is 10.0. The van der Waals surface area contributed by atoms with Gasteiger partial charge in [0.15, 0.2) is 0 Å². The molecule has 1 aliphatic rings. The van der Waals surface area contributed by atoms with Crippen LogP contribution in [0.2, 0.25) is 0 Å². The van der Waals surface area contributed by atoms with Crippen molar-refractivity contribution in [1.82, 2.24) is 68.7 Å². The Bertz CT molecular complexity index is 2680. The van der Waals surface area contributed by atoms with E-state index in [9.17, 15) is 112 Å². The van der Waals surface area contributed by atoms with Gasteiger partial charge < -0.3 is 99.0 Å². The molecule has 9 atom stereocenters. The van der Waals surface area contributed by atoms with Gasteiger partial charge in [0.2, 0.25) is 76.8 Å². The lowest BCUT2D eigenvalue weighted by Crippen LogP contribution is -2.59. The number of amides is 13. The summed E-state index contributed by atoms with van der Waals surface area (Å²) >= 11 is 1.21. The molecule has 0 aromatic heterocycles. The van der Waals surface area contributed by atoms with Gasteiger partial charge in [0.1, 0.15) is 61.0 Å². The first-order valence-electron chi connectivity index (χ1n) is 29.6. The predicted octanol–water partition coefficient (Wildman–Crippen LogP) is -5.87. The van der Waals surface area contributed by atoms with Crippen molar-refractivity contribution >= 4 is 118 Å². The zero-order valence-electron chi connectivity index (χ0n) is 52.5. The van der Waals surface area contributed by atoms with Gasteiger partial charge in [0, 0.05) is 64.4 Å². The molecule has 1 heterocycles. The summed E-state index contributed by atoms with van der Waals surface area (Å²) in [5.41, 5.74) is 0. The maximum Gasteiger partial charge on any atom is 0.303 e. The van der Waals surface area contributed by atoms with E-state index in [-0.39, 0.29) is 57.2 Å². The second-order valence-corrected chi connectivity index (χ2v) is 22.5. The van der Waals surface area contributed by atoms with Crippen LogP contribution in [0, 0.1) is 5.92 Å². The maximum absolute atomic E-state index is 13.9. The predicted molar refractivity (Wildman–Crippen MR) is 322 cm³/mol. The number of hydrogen-bond donors (Lipinski definition) is 17. The van der Waals surface area contributed by atoms with Crippen molar-refractivity contribution in [1.29, 1.82) is 0 Å². The van der Waals surface area contributed by atoms with Crippen LogP contribution in [-0.2, 0) is 91.0 Å². The number of carbonyl (C=O) groups is 18. The summed E-state index contributed by atoms with van der Waals surface area (Å²) in [6.07, 6.45) is -4.80. The molecule has 0 radical (unpaired) electrons. The smallest absolute Gasteiger partial charge is 0.303 e. The summed E-state index contributed by atoms with van der Waals surface area (Å²) in [6.45, 7) is 4.11. The second-order valence-electron chi connectivity index (χ2n) is 21.6. The minimum absolute atomic E-state index is 0.0802. The molecule has 0 bridgehead atoms. The van der Waals surface area contributed by atoms with E-state index in [1.807, 2.05) is 0 Å². The molecule has 0 aliphatic carbocycles. The molecule has 1 aliphatic heterocycles. The quantitative estimate of drug-likeness (QED) is 0.0252. The molecule has 0 spiro atoms. The van der Waals surface area contributed by atoms with Gasteiger partial charge in [-0.1, -0.05) is 20.8 Å². The average Bonchev–Trinajstić information content (AvgIpc) is 1.88. The number of carboxylic acids is 5. The van der Waals surface area contributed by atoms with E-state index >= 15 is 0 Å². The first-order valence-corrected chi connectivity index (χ1v) is 31.0. The van der Waals surface area contributed by atoms with Gasteiger partial charge >= 0.3 is 29.8 Å². The Balaban J connectivity index is 3.14. The van der Waals surface area contributed by atoms with Crippen LogP contribution in [-0.4, -0.2) is 250 Å². The number of nitrogens with zero attached hydrogens (tertiary/aromatic N) is 1. The number of ether oxygens (including phenoxy) is 1. The minimum Gasteiger partial charge on any atom is -0.481 e. The van der Waals surface area contributed by atoms with Crippen molar-refractivity contribution in [3.05, 3.63) is 0 Å². The van der Waals surface area contributed by atoms with E-state index < -0.39 is 238 Å². The van der Waals surface area contributed by atoms with Gasteiger partial charge in [-0.25, -0.2) is 0 Å². The van der Waals surface area contributed by atoms with E-state index in [1.165, 1.54) is 37.6 Å². The van der Waals surface area contributed by atoms with Crippen LogP contribution in [0.25, 0.3) is 0 Å². The third-order valence-corrected chi connectivity index (χ3v) is 14.3. The molecule has 0 aromatic rings. The van der Waals surface area contributed by atoms with Crippen molar-refractivity contribution in [2.24, 2.45) is 5.92 Å². The van der Waals surface area contributed by atoms with Gasteiger partial charge in [-0.15, -0.1) is 0 Å². The fraction of sp³-hybridized carbons (Fsp3) is 0.673. The number of thioether (sulfide) groups is 1. The maximum atomic E-state index is 13.9. The van der Waals surface area contributed by atoms with Crippen LogP contribution in [0.15, 0.2) is 0 Å². The zero-order chi connectivity index (χ0) is 70.5. The topological polar surface area (TPSA) is 565 Å². The first kappa shape index (κ1) is 81.8. The highest BCUT2D eigenvalue weighted by Crippen LogP contribution is 2.19. The Morgan fingerprint density at radius 3 is 1.30 bits per heavy atom. The van der Waals surface area contributed by atoms with Gasteiger partial charge in [-0.3, -0.25) is 86.3 Å². The van der Waals surface area contributed by atoms with Crippen molar-refractivity contribution < 1.29 is 117 Å². The van der Waals surface area contributed by atoms with Gasteiger partial charge in [-0.2, -0.15) is 11.8 Å². The number of hydrogen-bond acceptors (Lipinski definition) is 20. The van der Waals surface area contributed by atoms with E-state index in [0.29, 0.717) is 6.42 Å². The molecule has 17 N–H and O–H groups in total. The van der Waals surface area contributed by atoms with E-state index in [4.69, 9.17) is 4.74 Å². The molecule has 1 fully saturated rings. The highest BCUT2D eigenvalue weighted by atomic mass is 32.2. The molecule has 13 amide bonds. The standard InChI is InChI=1S/C55H87N13O24S/c1-7-38(69)61-31(11-16-43(75)76)50(86)64-33(13-18-45(79)80)52(88)66-34(14-19-46(81)82)53(89)65-32(12-17-44(77)78)51(87)63-30(10-15-42(73)74)48(84)57-20-22-92-26-41(72)68-21-8-9-37(68)55(91)67-35(23-28(2)3)49(85)59-25-40(71)62-36(27-93-6)54(90)60-29(4)47(83)58-24-39(70)56-5/h28-37H,7-27H2,1-6H3,(H,56,70)(H,57,84)(H,58,83)(H,59,85)(H,60,90)(H,61,69)(H,62,71)(H,63,87)(H,64,86)(H,65,89)(H,66,88)(H,67,91)(H,73,74)(H,75,76)(H,77,78)(H,79,80)(H,81,82)/t29-,30+,31+,32+,33+,34+,35-,36-,37-/m0/s1. The molecule has 38 heteroatoms. The van der Waals surface area contributed by atoms with E-state index in [0.717, 1.165) is 0 Å². The number of likely N-dealkylation sites (tertiary alicyclic amines) is 1. The fourth-order valence-corrected chi connectivity index (χ4v) is 9.23. The van der Waals surface area contributed by atoms with Crippen molar-refractivity contribution in [2.75, 3.05) is 58.4 Å². The Morgan fingerprint density at radius 1 is 0.484 bits per heavy atom. The van der Waals surface area contributed by atoms with Crippen LogP contribution >= 0.6 is 11.8 Å². The Morgan fingerprint density at radius 2 is 0.882 bits per heavy atom. The third kappa shape index (κ3) is 33.6. The lowest BCUT2D eigenvalue weighted by molar-refractivity contribution is -0.142. The summed E-state index contributed by atoms with van der Waals surface area (Å²) in [4.78, 5) is 230.